The van der Waals surface area contributed by atoms with Crippen LogP contribution in [0.15, 0.2) is 27.6 Å². The maximum absolute atomic E-state index is 11.3. The number of rotatable bonds is 1. The van der Waals surface area contributed by atoms with Gasteiger partial charge in [0.25, 0.3) is 0 Å². The lowest BCUT2D eigenvalue weighted by Gasteiger charge is -1.98. The summed E-state index contributed by atoms with van der Waals surface area (Å²) in [6, 6.07) is 4.58. The van der Waals surface area contributed by atoms with Crippen LogP contribution in [0.2, 0.25) is 0 Å². The Morgan fingerprint density at radius 3 is 2.89 bits per heavy atom. The molecule has 1 aliphatic rings. The molecular weight excluding hydrogens is 292 g/mol. The Bertz CT molecular complexity index is 831. The first-order valence-corrected chi connectivity index (χ1v) is 8.40. The zero-order valence-electron chi connectivity index (χ0n) is 9.19. The molecule has 0 atom stereocenters. The molecule has 0 fully saturated rings. The van der Waals surface area contributed by atoms with Gasteiger partial charge in [0.15, 0.2) is 5.82 Å². The summed E-state index contributed by atoms with van der Waals surface area (Å²) in [4.78, 5) is 4.49. The number of aromatic nitrogens is 2. The molecule has 2 heterocycles. The molecule has 94 valence electrons. The number of fused-ring (bicyclic) bond motifs is 3. The SMILES string of the molecule is CSC1=S=Nn2c1nc1ccc(S(N)(=O)=O)cc12. The minimum atomic E-state index is -3.71. The summed E-state index contributed by atoms with van der Waals surface area (Å²) >= 11 is 2.89. The fraction of sp³-hybridized carbons (Fsp3) is 0.111. The standard InChI is InChI=1S/C9H8N4O2S3/c1-16-9-8-11-6-3-2-5(18(10,14)15)4-7(6)13(8)12-17-9/h2-4H,1H3,(H2,10,14,15). The summed E-state index contributed by atoms with van der Waals surface area (Å²) in [5.41, 5.74) is 1.35. The molecule has 0 radical (unpaired) electrons. The maximum atomic E-state index is 11.3. The first-order chi connectivity index (χ1) is 8.50. The second kappa shape index (κ2) is 3.92. The molecule has 0 saturated carbocycles. The molecule has 9 heteroatoms. The highest BCUT2D eigenvalue weighted by Gasteiger charge is 2.19. The highest BCUT2D eigenvalue weighted by Crippen LogP contribution is 2.24. The quantitative estimate of drug-likeness (QED) is 0.779. The molecule has 1 aliphatic heterocycles. The van der Waals surface area contributed by atoms with E-state index in [0.29, 0.717) is 11.0 Å². The van der Waals surface area contributed by atoms with Gasteiger partial charge in [0.2, 0.25) is 10.0 Å². The number of nitrogens with zero attached hydrogens (tertiary/aromatic N) is 3. The highest BCUT2D eigenvalue weighted by molar-refractivity contribution is 8.21. The van der Waals surface area contributed by atoms with Gasteiger partial charge in [-0.15, -0.1) is 16.2 Å². The number of thioether (sulfide) groups is 1. The van der Waals surface area contributed by atoms with Crippen molar-refractivity contribution < 1.29 is 8.42 Å². The van der Waals surface area contributed by atoms with E-state index in [1.165, 1.54) is 23.3 Å². The van der Waals surface area contributed by atoms with E-state index >= 15 is 0 Å². The van der Waals surface area contributed by atoms with E-state index in [-0.39, 0.29) is 4.90 Å². The number of primary sulfonamides is 1. The minimum Gasteiger partial charge on any atom is -0.225 e. The predicted octanol–water partition coefficient (Wildman–Crippen LogP) is 0.568. The van der Waals surface area contributed by atoms with E-state index in [2.05, 4.69) is 9.46 Å². The molecule has 0 amide bonds. The molecule has 0 unspecified atom stereocenters. The molecule has 2 aromatic rings. The van der Waals surface area contributed by atoms with Crippen LogP contribution in [0.4, 0.5) is 0 Å². The van der Waals surface area contributed by atoms with Crippen LogP contribution in [0.1, 0.15) is 5.82 Å². The van der Waals surface area contributed by atoms with Crippen molar-refractivity contribution in [3.63, 3.8) is 0 Å². The lowest BCUT2D eigenvalue weighted by atomic mass is 10.3. The molecule has 1 aromatic heterocycles. The summed E-state index contributed by atoms with van der Waals surface area (Å²) < 4.78 is 29.5. The number of benzene rings is 1. The molecule has 1 aromatic carbocycles. The van der Waals surface area contributed by atoms with Crippen LogP contribution < -0.4 is 5.14 Å². The Labute approximate surface area is 111 Å². The van der Waals surface area contributed by atoms with Crippen molar-refractivity contribution in [2.24, 2.45) is 9.61 Å². The van der Waals surface area contributed by atoms with Crippen molar-refractivity contribution in [1.29, 1.82) is 0 Å². The van der Waals surface area contributed by atoms with Gasteiger partial charge in [-0.05, 0) is 35.6 Å². The molecule has 2 N–H and O–H groups in total. The Hall–Kier alpha value is -1.16. The maximum Gasteiger partial charge on any atom is 0.238 e. The van der Waals surface area contributed by atoms with Crippen LogP contribution in [0.25, 0.3) is 11.0 Å². The summed E-state index contributed by atoms with van der Waals surface area (Å²) in [6.07, 6.45) is 1.95. The van der Waals surface area contributed by atoms with Crippen LogP contribution >= 0.6 is 11.8 Å². The van der Waals surface area contributed by atoms with Gasteiger partial charge in [0.05, 0.1) is 15.9 Å². The van der Waals surface area contributed by atoms with Crippen molar-refractivity contribution in [1.82, 2.24) is 9.66 Å². The fourth-order valence-corrected chi connectivity index (χ4v) is 3.46. The van der Waals surface area contributed by atoms with E-state index in [1.807, 2.05) is 6.26 Å². The number of imidazole rings is 1. The van der Waals surface area contributed by atoms with Crippen LogP contribution in [-0.4, -0.2) is 28.5 Å². The van der Waals surface area contributed by atoms with Gasteiger partial charge in [0, 0.05) is 0 Å². The fourth-order valence-electron chi connectivity index (χ4n) is 1.68. The van der Waals surface area contributed by atoms with E-state index in [1.54, 1.807) is 22.5 Å². The average molecular weight is 300 g/mol. The van der Waals surface area contributed by atoms with Crippen molar-refractivity contribution >= 4 is 48.2 Å². The molecule has 0 aliphatic carbocycles. The normalized spacial score (nSPS) is 14.4. The monoisotopic (exact) mass is 300 g/mol. The molecular formula is C9H8N4O2S3. The average Bonchev–Trinajstić information content (AvgIpc) is 2.84. The smallest absolute Gasteiger partial charge is 0.225 e. The second-order valence-electron chi connectivity index (χ2n) is 3.61. The molecule has 18 heavy (non-hydrogen) atoms. The van der Waals surface area contributed by atoms with Crippen molar-refractivity contribution in [2.45, 2.75) is 4.90 Å². The summed E-state index contributed by atoms with van der Waals surface area (Å²) in [7, 11) is -3.71. The van der Waals surface area contributed by atoms with Gasteiger partial charge in [-0.2, -0.15) is 0 Å². The summed E-state index contributed by atoms with van der Waals surface area (Å²) in [5, 5.41) is 5.11. The van der Waals surface area contributed by atoms with E-state index in [9.17, 15) is 8.42 Å². The Morgan fingerprint density at radius 2 is 2.22 bits per heavy atom. The number of sulfonamides is 1. The largest absolute Gasteiger partial charge is 0.238 e. The van der Waals surface area contributed by atoms with E-state index < -0.39 is 10.0 Å². The predicted molar refractivity (Wildman–Crippen MR) is 73.9 cm³/mol. The number of nitrogens with two attached hydrogens (primary N) is 1. The first-order valence-electron chi connectivity index (χ1n) is 4.85. The lowest BCUT2D eigenvalue weighted by molar-refractivity contribution is 0.598. The highest BCUT2D eigenvalue weighted by atomic mass is 32.2. The van der Waals surface area contributed by atoms with Crippen LogP contribution in [-0.2, 0) is 21.2 Å². The minimum absolute atomic E-state index is 0.0653. The Kier molecular flexibility index (Phi) is 2.59. The number of hydrogen-bond acceptors (Lipinski definition) is 5. The van der Waals surface area contributed by atoms with Gasteiger partial charge >= 0.3 is 0 Å². The molecule has 0 spiro atoms. The van der Waals surface area contributed by atoms with Crippen molar-refractivity contribution in [3.8, 4) is 0 Å². The summed E-state index contributed by atoms with van der Waals surface area (Å²) in [5.74, 6) is 0.745. The van der Waals surface area contributed by atoms with Crippen molar-refractivity contribution in [3.05, 3.63) is 24.0 Å². The van der Waals surface area contributed by atoms with Gasteiger partial charge in [-0.3, -0.25) is 0 Å². The third-order valence-electron chi connectivity index (χ3n) is 2.50. The van der Waals surface area contributed by atoms with Gasteiger partial charge in [-0.25, -0.2) is 23.2 Å². The lowest BCUT2D eigenvalue weighted by Crippen LogP contribution is -2.11. The van der Waals surface area contributed by atoms with E-state index in [0.717, 1.165) is 10.0 Å². The zero-order valence-corrected chi connectivity index (χ0v) is 11.6. The van der Waals surface area contributed by atoms with Crippen LogP contribution in [0.5, 0.6) is 0 Å². The molecule has 0 bridgehead atoms. The van der Waals surface area contributed by atoms with E-state index in [4.69, 9.17) is 5.14 Å². The molecule has 3 rings (SSSR count). The topological polar surface area (TPSA) is 90.3 Å². The van der Waals surface area contributed by atoms with Crippen LogP contribution in [0.3, 0.4) is 0 Å². The van der Waals surface area contributed by atoms with Gasteiger partial charge in [0.1, 0.15) is 4.20 Å². The number of hydrogen-bond donors (Lipinski definition) is 1. The Morgan fingerprint density at radius 1 is 1.44 bits per heavy atom. The van der Waals surface area contributed by atoms with Crippen LogP contribution in [0, 0.1) is 0 Å². The third kappa shape index (κ3) is 1.70. The second-order valence-corrected chi connectivity index (χ2v) is 7.00. The van der Waals surface area contributed by atoms with Gasteiger partial charge in [-0.1, -0.05) is 0 Å². The van der Waals surface area contributed by atoms with Crippen molar-refractivity contribution in [2.75, 3.05) is 6.26 Å². The first kappa shape index (κ1) is 11.9. The van der Waals surface area contributed by atoms with Gasteiger partial charge < -0.3 is 0 Å². The Balaban J connectivity index is 2.29. The zero-order chi connectivity index (χ0) is 12.9. The molecule has 0 saturated heterocycles. The third-order valence-corrected chi connectivity index (χ3v) is 5.29. The molecule has 6 nitrogen and oxygen atoms in total. The summed E-state index contributed by atoms with van der Waals surface area (Å²) in [6.45, 7) is 0.